The van der Waals surface area contributed by atoms with Crippen LogP contribution in [-0.4, -0.2) is 28.0 Å². The summed E-state index contributed by atoms with van der Waals surface area (Å²) in [7, 11) is 0. The van der Waals surface area contributed by atoms with Gasteiger partial charge in [-0.15, -0.1) is 0 Å². The molecule has 3 rings (SSSR count). The second-order valence-corrected chi connectivity index (χ2v) is 5.92. The highest BCUT2D eigenvalue weighted by atomic mass is 16.4. The third kappa shape index (κ3) is 2.28. The number of rotatable bonds is 3. The number of aromatic nitrogens is 1. The number of aromatic amines is 1. The molecule has 1 heterocycles. The number of H-pyrrole nitrogens is 1. The minimum Gasteiger partial charge on any atom is -0.481 e. The van der Waals surface area contributed by atoms with Gasteiger partial charge in [-0.25, -0.2) is 0 Å². The van der Waals surface area contributed by atoms with E-state index in [1.54, 1.807) is 19.1 Å². The van der Waals surface area contributed by atoms with E-state index >= 15 is 0 Å². The van der Waals surface area contributed by atoms with E-state index in [0.29, 0.717) is 18.4 Å². The fourth-order valence-electron chi connectivity index (χ4n) is 3.08. The number of hydrogen-bond donors (Lipinski definition) is 3. The molecule has 0 spiro atoms. The summed E-state index contributed by atoms with van der Waals surface area (Å²) in [5.41, 5.74) is 0.575. The van der Waals surface area contributed by atoms with Crippen molar-refractivity contribution in [2.45, 2.75) is 32.2 Å². The zero-order valence-electron chi connectivity index (χ0n) is 11.8. The molecule has 1 aromatic heterocycles. The van der Waals surface area contributed by atoms with Gasteiger partial charge in [-0.3, -0.25) is 9.59 Å². The van der Waals surface area contributed by atoms with E-state index in [1.807, 2.05) is 18.3 Å². The van der Waals surface area contributed by atoms with E-state index in [0.717, 1.165) is 17.3 Å². The normalized spacial score (nSPS) is 25.1. The first kappa shape index (κ1) is 13.7. The zero-order valence-corrected chi connectivity index (χ0v) is 11.8. The summed E-state index contributed by atoms with van der Waals surface area (Å²) < 4.78 is 0. The minimum absolute atomic E-state index is 0.217. The quantitative estimate of drug-likeness (QED) is 0.811. The summed E-state index contributed by atoms with van der Waals surface area (Å²) in [5.74, 6) is -1.06. The van der Waals surface area contributed by atoms with Gasteiger partial charge in [-0.2, -0.15) is 0 Å². The van der Waals surface area contributed by atoms with E-state index < -0.39 is 11.4 Å². The largest absolute Gasteiger partial charge is 0.481 e. The maximum absolute atomic E-state index is 12.4. The number of carboxylic acid groups (broad SMARTS) is 1. The Morgan fingerprint density at radius 3 is 2.95 bits per heavy atom. The number of fused-ring (bicyclic) bond motifs is 1. The smallest absolute Gasteiger partial charge is 0.311 e. The van der Waals surface area contributed by atoms with E-state index in [4.69, 9.17) is 0 Å². The molecule has 1 aromatic carbocycles. The number of carboxylic acids is 1. The topological polar surface area (TPSA) is 82.2 Å². The van der Waals surface area contributed by atoms with E-state index in [2.05, 4.69) is 10.3 Å². The standard InChI is InChI=1S/C16H18N2O3/c1-16(15(20)21)7-2-3-13(16)18-14(19)11-5-4-10-6-8-17-12(10)9-11/h4-6,8-9,13,17H,2-3,7H2,1H3,(H,18,19)(H,20,21). The first-order chi connectivity index (χ1) is 10.0. The Balaban J connectivity index is 1.81. The summed E-state index contributed by atoms with van der Waals surface area (Å²) in [5, 5.41) is 13.3. The molecular weight excluding hydrogens is 268 g/mol. The average molecular weight is 286 g/mol. The molecule has 1 aliphatic rings. The lowest BCUT2D eigenvalue weighted by Crippen LogP contribution is -2.47. The van der Waals surface area contributed by atoms with Crippen molar-refractivity contribution in [3.63, 3.8) is 0 Å². The van der Waals surface area contributed by atoms with E-state index in [1.165, 1.54) is 0 Å². The molecule has 2 aromatic rings. The van der Waals surface area contributed by atoms with E-state index in [9.17, 15) is 14.7 Å². The molecule has 0 radical (unpaired) electrons. The molecule has 0 aliphatic heterocycles. The van der Waals surface area contributed by atoms with Crippen molar-refractivity contribution in [1.29, 1.82) is 0 Å². The number of carbonyl (C=O) groups is 2. The number of carbonyl (C=O) groups excluding carboxylic acids is 1. The van der Waals surface area contributed by atoms with Crippen molar-refractivity contribution in [2.75, 3.05) is 0 Å². The van der Waals surface area contributed by atoms with Crippen molar-refractivity contribution in [3.05, 3.63) is 36.0 Å². The fraction of sp³-hybridized carbons (Fsp3) is 0.375. The van der Waals surface area contributed by atoms with Crippen LogP contribution in [0.4, 0.5) is 0 Å². The second kappa shape index (κ2) is 4.91. The Kier molecular flexibility index (Phi) is 3.20. The van der Waals surface area contributed by atoms with Gasteiger partial charge >= 0.3 is 5.97 Å². The molecule has 1 aliphatic carbocycles. The first-order valence-corrected chi connectivity index (χ1v) is 7.12. The highest BCUT2D eigenvalue weighted by Crippen LogP contribution is 2.38. The summed E-state index contributed by atoms with van der Waals surface area (Å²) in [6, 6.07) is 7.05. The van der Waals surface area contributed by atoms with Crippen molar-refractivity contribution in [2.24, 2.45) is 5.41 Å². The lowest BCUT2D eigenvalue weighted by Gasteiger charge is -2.27. The molecule has 1 saturated carbocycles. The van der Waals surface area contributed by atoms with Gasteiger partial charge in [0.1, 0.15) is 0 Å². The molecule has 5 nitrogen and oxygen atoms in total. The summed E-state index contributed by atoms with van der Waals surface area (Å²) in [6.07, 6.45) is 3.95. The van der Waals surface area contributed by atoms with Crippen LogP contribution in [0.25, 0.3) is 10.9 Å². The fourth-order valence-corrected chi connectivity index (χ4v) is 3.08. The van der Waals surface area contributed by atoms with Gasteiger partial charge < -0.3 is 15.4 Å². The van der Waals surface area contributed by atoms with Crippen molar-refractivity contribution >= 4 is 22.8 Å². The predicted octanol–water partition coefficient (Wildman–Crippen LogP) is 2.54. The Hall–Kier alpha value is -2.30. The maximum Gasteiger partial charge on any atom is 0.311 e. The van der Waals surface area contributed by atoms with Crippen LogP contribution in [0.2, 0.25) is 0 Å². The number of amides is 1. The Morgan fingerprint density at radius 2 is 2.19 bits per heavy atom. The van der Waals surface area contributed by atoms with Crippen LogP contribution >= 0.6 is 0 Å². The molecule has 0 saturated heterocycles. The molecule has 0 bridgehead atoms. The van der Waals surface area contributed by atoms with Gasteiger partial charge in [-0.05, 0) is 43.4 Å². The zero-order chi connectivity index (χ0) is 15.0. The van der Waals surface area contributed by atoms with Crippen LogP contribution in [0, 0.1) is 5.41 Å². The third-order valence-electron chi connectivity index (χ3n) is 4.57. The van der Waals surface area contributed by atoms with Crippen LogP contribution in [0.1, 0.15) is 36.5 Å². The number of benzene rings is 1. The maximum atomic E-state index is 12.4. The van der Waals surface area contributed by atoms with Gasteiger partial charge in [0.15, 0.2) is 0 Å². The number of aliphatic carboxylic acids is 1. The van der Waals surface area contributed by atoms with Crippen molar-refractivity contribution in [1.82, 2.24) is 10.3 Å². The van der Waals surface area contributed by atoms with Gasteiger partial charge in [0.25, 0.3) is 5.91 Å². The highest BCUT2D eigenvalue weighted by molar-refractivity contribution is 5.98. The summed E-state index contributed by atoms with van der Waals surface area (Å²) >= 11 is 0. The molecule has 1 fully saturated rings. The molecular formula is C16H18N2O3. The highest BCUT2D eigenvalue weighted by Gasteiger charge is 2.45. The van der Waals surface area contributed by atoms with Crippen LogP contribution in [-0.2, 0) is 4.79 Å². The Labute approximate surface area is 122 Å². The Morgan fingerprint density at radius 1 is 1.38 bits per heavy atom. The van der Waals surface area contributed by atoms with Crippen LogP contribution in [0.5, 0.6) is 0 Å². The SMILES string of the molecule is CC1(C(=O)O)CCCC1NC(=O)c1ccc2cc[nH]c2c1. The number of hydrogen-bond acceptors (Lipinski definition) is 2. The molecule has 2 unspecified atom stereocenters. The third-order valence-corrected chi connectivity index (χ3v) is 4.57. The predicted molar refractivity (Wildman–Crippen MR) is 79.1 cm³/mol. The molecule has 1 amide bonds. The molecule has 2 atom stereocenters. The molecule has 110 valence electrons. The molecule has 21 heavy (non-hydrogen) atoms. The lowest BCUT2D eigenvalue weighted by molar-refractivity contribution is -0.148. The van der Waals surface area contributed by atoms with E-state index in [-0.39, 0.29) is 11.9 Å². The Bertz CT molecular complexity index is 706. The van der Waals surface area contributed by atoms with Crippen LogP contribution in [0.3, 0.4) is 0 Å². The number of nitrogens with one attached hydrogen (secondary N) is 2. The second-order valence-electron chi connectivity index (χ2n) is 5.92. The average Bonchev–Trinajstić information content (AvgIpc) is 3.06. The first-order valence-electron chi connectivity index (χ1n) is 7.12. The minimum atomic E-state index is -0.869. The van der Waals surface area contributed by atoms with Crippen molar-refractivity contribution < 1.29 is 14.7 Å². The van der Waals surface area contributed by atoms with Gasteiger partial charge in [0.2, 0.25) is 0 Å². The van der Waals surface area contributed by atoms with Crippen LogP contribution in [0.15, 0.2) is 30.5 Å². The van der Waals surface area contributed by atoms with Crippen LogP contribution < -0.4 is 5.32 Å². The van der Waals surface area contributed by atoms with Crippen molar-refractivity contribution in [3.8, 4) is 0 Å². The van der Waals surface area contributed by atoms with Gasteiger partial charge in [0, 0.05) is 23.3 Å². The molecule has 3 N–H and O–H groups in total. The molecule has 5 heteroatoms. The monoisotopic (exact) mass is 286 g/mol. The van der Waals surface area contributed by atoms with Gasteiger partial charge in [0.05, 0.1) is 5.41 Å². The summed E-state index contributed by atoms with van der Waals surface area (Å²) in [4.78, 5) is 26.9. The summed E-state index contributed by atoms with van der Waals surface area (Å²) in [6.45, 7) is 1.71. The van der Waals surface area contributed by atoms with Gasteiger partial charge in [-0.1, -0.05) is 12.5 Å². The lowest BCUT2D eigenvalue weighted by atomic mass is 9.85.